The van der Waals surface area contributed by atoms with Gasteiger partial charge in [-0.2, -0.15) is 0 Å². The van der Waals surface area contributed by atoms with E-state index >= 15 is 0 Å². The van der Waals surface area contributed by atoms with E-state index in [9.17, 15) is 0 Å². The smallest absolute Gasteiger partial charge is 0.250 e. The van der Waals surface area contributed by atoms with Crippen molar-refractivity contribution in [3.63, 3.8) is 0 Å². The number of hydrogen-bond acceptors (Lipinski definition) is 3. The molecule has 60 valence electrons. The SMILES string of the molecule is CCCOC(=N)c1ccco1. The molecule has 0 amide bonds. The Bertz CT molecular complexity index is 216. The number of nitrogens with one attached hydrogen (secondary N) is 1. The highest BCUT2D eigenvalue weighted by Gasteiger charge is 2.03. The lowest BCUT2D eigenvalue weighted by Gasteiger charge is -2.01. The largest absolute Gasteiger partial charge is 0.475 e. The Hall–Kier alpha value is -1.25. The first-order chi connectivity index (χ1) is 5.34. The van der Waals surface area contributed by atoms with Crippen molar-refractivity contribution in [1.29, 1.82) is 5.41 Å². The third-order valence-corrected chi connectivity index (χ3v) is 1.20. The maximum Gasteiger partial charge on any atom is 0.250 e. The summed E-state index contributed by atoms with van der Waals surface area (Å²) in [6.45, 7) is 2.56. The van der Waals surface area contributed by atoms with Crippen LogP contribution < -0.4 is 0 Å². The van der Waals surface area contributed by atoms with Crippen LogP contribution in [0.3, 0.4) is 0 Å². The maximum absolute atomic E-state index is 7.33. The third-order valence-electron chi connectivity index (χ3n) is 1.20. The zero-order valence-electron chi connectivity index (χ0n) is 6.46. The Labute approximate surface area is 65.5 Å². The summed E-state index contributed by atoms with van der Waals surface area (Å²) in [6, 6.07) is 3.44. The molecule has 1 N–H and O–H groups in total. The van der Waals surface area contributed by atoms with Crippen molar-refractivity contribution in [3.05, 3.63) is 24.2 Å². The summed E-state index contributed by atoms with van der Waals surface area (Å²) in [5.74, 6) is 0.593. The fourth-order valence-electron chi connectivity index (χ4n) is 0.683. The van der Waals surface area contributed by atoms with Gasteiger partial charge in [0.1, 0.15) is 0 Å². The highest BCUT2D eigenvalue weighted by atomic mass is 16.5. The van der Waals surface area contributed by atoms with E-state index in [4.69, 9.17) is 14.6 Å². The van der Waals surface area contributed by atoms with E-state index in [1.807, 2.05) is 6.92 Å². The summed E-state index contributed by atoms with van der Waals surface area (Å²) in [6.07, 6.45) is 2.43. The molecule has 0 aromatic carbocycles. The average Bonchev–Trinajstić information content (AvgIpc) is 2.52. The van der Waals surface area contributed by atoms with Crippen molar-refractivity contribution in [2.45, 2.75) is 13.3 Å². The van der Waals surface area contributed by atoms with Crippen LogP contribution in [0.4, 0.5) is 0 Å². The highest BCUT2D eigenvalue weighted by molar-refractivity contribution is 5.88. The van der Waals surface area contributed by atoms with Gasteiger partial charge in [-0.15, -0.1) is 0 Å². The standard InChI is InChI=1S/C8H11NO2/c1-2-5-11-8(9)7-4-3-6-10-7/h3-4,6,9H,2,5H2,1H3. The Morgan fingerprint density at radius 3 is 3.09 bits per heavy atom. The Morgan fingerprint density at radius 1 is 1.73 bits per heavy atom. The van der Waals surface area contributed by atoms with E-state index in [0.29, 0.717) is 12.4 Å². The highest BCUT2D eigenvalue weighted by Crippen LogP contribution is 2.01. The van der Waals surface area contributed by atoms with Crippen molar-refractivity contribution < 1.29 is 9.15 Å². The normalized spacial score (nSPS) is 9.55. The average molecular weight is 153 g/mol. The van der Waals surface area contributed by atoms with Gasteiger partial charge in [0.15, 0.2) is 5.76 Å². The van der Waals surface area contributed by atoms with Gasteiger partial charge in [-0.25, -0.2) is 0 Å². The third kappa shape index (κ3) is 2.11. The molecular weight excluding hydrogens is 142 g/mol. The second-order valence-corrected chi connectivity index (χ2v) is 2.15. The Kier molecular flexibility index (Phi) is 2.72. The van der Waals surface area contributed by atoms with Crippen LogP contribution in [0.5, 0.6) is 0 Å². The van der Waals surface area contributed by atoms with Gasteiger partial charge in [0.2, 0.25) is 5.90 Å². The van der Waals surface area contributed by atoms with Crippen LogP contribution in [-0.2, 0) is 4.74 Å². The molecule has 0 aliphatic rings. The van der Waals surface area contributed by atoms with Crippen LogP contribution in [0.2, 0.25) is 0 Å². The molecule has 0 unspecified atom stereocenters. The molecule has 0 saturated carbocycles. The first-order valence-corrected chi connectivity index (χ1v) is 3.60. The van der Waals surface area contributed by atoms with Crippen molar-refractivity contribution in [3.8, 4) is 0 Å². The van der Waals surface area contributed by atoms with Crippen LogP contribution in [0, 0.1) is 5.41 Å². The van der Waals surface area contributed by atoms with E-state index in [2.05, 4.69) is 0 Å². The Balaban J connectivity index is 2.43. The molecule has 0 aliphatic carbocycles. The molecule has 11 heavy (non-hydrogen) atoms. The fraction of sp³-hybridized carbons (Fsp3) is 0.375. The van der Waals surface area contributed by atoms with Gasteiger partial charge in [-0.3, -0.25) is 5.41 Å². The van der Waals surface area contributed by atoms with Crippen LogP contribution in [0.15, 0.2) is 22.8 Å². The first-order valence-electron chi connectivity index (χ1n) is 3.60. The van der Waals surface area contributed by atoms with Crippen molar-refractivity contribution in [2.24, 2.45) is 0 Å². The summed E-state index contributed by atoms with van der Waals surface area (Å²) >= 11 is 0. The molecule has 0 fully saturated rings. The maximum atomic E-state index is 7.33. The van der Waals surface area contributed by atoms with Crippen molar-refractivity contribution >= 4 is 5.90 Å². The molecule has 1 rings (SSSR count). The molecule has 0 saturated heterocycles. The lowest BCUT2D eigenvalue weighted by Crippen LogP contribution is -2.04. The van der Waals surface area contributed by atoms with Crippen molar-refractivity contribution in [2.75, 3.05) is 6.61 Å². The minimum absolute atomic E-state index is 0.108. The van der Waals surface area contributed by atoms with Gasteiger partial charge in [-0.1, -0.05) is 6.92 Å². The van der Waals surface area contributed by atoms with E-state index in [1.54, 1.807) is 12.1 Å². The van der Waals surface area contributed by atoms with Crippen molar-refractivity contribution in [1.82, 2.24) is 0 Å². The fourth-order valence-corrected chi connectivity index (χ4v) is 0.683. The van der Waals surface area contributed by atoms with Gasteiger partial charge in [-0.05, 0) is 18.6 Å². The molecule has 1 heterocycles. The Morgan fingerprint density at radius 2 is 2.55 bits per heavy atom. The summed E-state index contributed by atoms with van der Waals surface area (Å²) in [7, 11) is 0. The molecule has 3 heteroatoms. The van der Waals surface area contributed by atoms with E-state index in [0.717, 1.165) is 6.42 Å². The lowest BCUT2D eigenvalue weighted by atomic mass is 10.4. The molecule has 0 radical (unpaired) electrons. The van der Waals surface area contributed by atoms with E-state index < -0.39 is 0 Å². The van der Waals surface area contributed by atoms with Gasteiger partial charge in [0, 0.05) is 0 Å². The lowest BCUT2D eigenvalue weighted by molar-refractivity contribution is 0.295. The van der Waals surface area contributed by atoms with Crippen LogP contribution >= 0.6 is 0 Å². The van der Waals surface area contributed by atoms with E-state index in [-0.39, 0.29) is 5.90 Å². The monoisotopic (exact) mass is 153 g/mol. The topological polar surface area (TPSA) is 46.2 Å². The zero-order chi connectivity index (χ0) is 8.10. The second-order valence-electron chi connectivity index (χ2n) is 2.15. The first kappa shape index (κ1) is 7.85. The molecule has 3 nitrogen and oxygen atoms in total. The minimum Gasteiger partial charge on any atom is -0.475 e. The molecule has 0 bridgehead atoms. The molecule has 0 spiro atoms. The van der Waals surface area contributed by atoms with E-state index in [1.165, 1.54) is 6.26 Å². The minimum atomic E-state index is 0.108. The predicted octanol–water partition coefficient (Wildman–Crippen LogP) is 2.03. The van der Waals surface area contributed by atoms with Crippen LogP contribution in [0.25, 0.3) is 0 Å². The predicted molar refractivity (Wildman–Crippen MR) is 41.8 cm³/mol. The molecular formula is C8H11NO2. The number of hydrogen-bond donors (Lipinski definition) is 1. The summed E-state index contributed by atoms with van der Waals surface area (Å²) in [5, 5.41) is 7.33. The van der Waals surface area contributed by atoms with Crippen LogP contribution in [0.1, 0.15) is 19.1 Å². The molecule has 1 aromatic rings. The number of furan rings is 1. The van der Waals surface area contributed by atoms with Gasteiger partial charge >= 0.3 is 0 Å². The van der Waals surface area contributed by atoms with Crippen LogP contribution in [-0.4, -0.2) is 12.5 Å². The quantitative estimate of drug-likeness (QED) is 0.533. The second kappa shape index (κ2) is 3.81. The molecule has 0 atom stereocenters. The molecule has 0 aliphatic heterocycles. The summed E-state index contributed by atoms with van der Waals surface area (Å²) in [4.78, 5) is 0. The summed E-state index contributed by atoms with van der Waals surface area (Å²) < 4.78 is 9.97. The summed E-state index contributed by atoms with van der Waals surface area (Å²) in [5.41, 5.74) is 0. The van der Waals surface area contributed by atoms with Gasteiger partial charge < -0.3 is 9.15 Å². The van der Waals surface area contributed by atoms with Gasteiger partial charge in [0.25, 0.3) is 0 Å². The zero-order valence-corrected chi connectivity index (χ0v) is 6.46. The van der Waals surface area contributed by atoms with Gasteiger partial charge in [0.05, 0.1) is 12.9 Å². The number of rotatable bonds is 3. The number of ether oxygens (including phenoxy) is 1. The molecule has 1 aromatic heterocycles.